The van der Waals surface area contributed by atoms with E-state index in [0.717, 1.165) is 0 Å². The van der Waals surface area contributed by atoms with Crippen molar-refractivity contribution in [3.8, 4) is 11.3 Å². The molecule has 2 nitrogen and oxygen atoms in total. The molecule has 18 heavy (non-hydrogen) atoms. The summed E-state index contributed by atoms with van der Waals surface area (Å²) in [5.41, 5.74) is 0.714. The minimum absolute atomic E-state index is 0.00252. The van der Waals surface area contributed by atoms with Gasteiger partial charge in [-0.3, -0.25) is 0 Å². The summed E-state index contributed by atoms with van der Waals surface area (Å²) in [6.07, 6.45) is -2.85. The highest BCUT2D eigenvalue weighted by Crippen LogP contribution is 2.30. The Hall–Kier alpha value is -1.14. The molecule has 0 saturated heterocycles. The summed E-state index contributed by atoms with van der Waals surface area (Å²) in [4.78, 5) is 3.78. The van der Waals surface area contributed by atoms with E-state index in [0.29, 0.717) is 28.1 Å². The molecular formula is C11H7ClF3NOS. The zero-order chi connectivity index (χ0) is 13.2. The van der Waals surface area contributed by atoms with Gasteiger partial charge in [0, 0.05) is 10.6 Å². The smallest absolute Gasteiger partial charge is 0.398 e. The summed E-state index contributed by atoms with van der Waals surface area (Å²) in [6.45, 7) is 0. The number of benzene rings is 1. The first kappa shape index (κ1) is 13.3. The Morgan fingerprint density at radius 2 is 1.89 bits per heavy atom. The molecule has 1 aromatic carbocycles. The number of hydrogen-bond donors (Lipinski definition) is 0. The lowest BCUT2D eigenvalue weighted by Gasteiger charge is -2.02. The minimum atomic E-state index is -4.24. The van der Waals surface area contributed by atoms with Gasteiger partial charge in [0.15, 0.2) is 5.76 Å². The van der Waals surface area contributed by atoms with Crippen LogP contribution in [0.2, 0.25) is 5.02 Å². The number of halogens is 4. The van der Waals surface area contributed by atoms with Gasteiger partial charge in [-0.1, -0.05) is 23.4 Å². The van der Waals surface area contributed by atoms with Gasteiger partial charge in [-0.25, -0.2) is 4.98 Å². The monoisotopic (exact) mass is 293 g/mol. The SMILES string of the molecule is FC(F)(F)CSc1ncc(-c2ccc(Cl)cc2)o1. The Bertz CT molecular complexity index is 524. The molecule has 0 aliphatic rings. The average molecular weight is 294 g/mol. The van der Waals surface area contributed by atoms with Crippen LogP contribution in [0.1, 0.15) is 0 Å². The predicted molar refractivity (Wildman–Crippen MR) is 63.7 cm³/mol. The number of rotatable bonds is 3. The third kappa shape index (κ3) is 3.68. The fourth-order valence-electron chi connectivity index (χ4n) is 1.22. The van der Waals surface area contributed by atoms with Crippen molar-refractivity contribution in [3.05, 3.63) is 35.5 Å². The molecule has 0 bridgehead atoms. The molecule has 96 valence electrons. The van der Waals surface area contributed by atoms with Gasteiger partial charge in [-0.2, -0.15) is 13.2 Å². The lowest BCUT2D eigenvalue weighted by atomic mass is 10.2. The molecule has 7 heteroatoms. The lowest BCUT2D eigenvalue weighted by molar-refractivity contribution is -0.105. The maximum absolute atomic E-state index is 12.0. The zero-order valence-electron chi connectivity index (χ0n) is 8.87. The van der Waals surface area contributed by atoms with Gasteiger partial charge in [-0.15, -0.1) is 0 Å². The third-order valence-electron chi connectivity index (χ3n) is 1.97. The fraction of sp³-hybridized carbons (Fsp3) is 0.182. The minimum Gasteiger partial charge on any atom is -0.431 e. The van der Waals surface area contributed by atoms with E-state index in [1.165, 1.54) is 6.20 Å². The molecule has 0 atom stereocenters. The van der Waals surface area contributed by atoms with Crippen molar-refractivity contribution in [2.75, 3.05) is 5.75 Å². The summed E-state index contributed by atoms with van der Waals surface area (Å²) in [7, 11) is 0. The average Bonchev–Trinajstić information content (AvgIpc) is 2.75. The summed E-state index contributed by atoms with van der Waals surface area (Å²) in [5, 5.41) is 0.571. The van der Waals surface area contributed by atoms with Crippen LogP contribution in [-0.2, 0) is 0 Å². The molecule has 0 unspecified atom stereocenters. The van der Waals surface area contributed by atoms with Crippen molar-refractivity contribution in [2.24, 2.45) is 0 Å². The largest absolute Gasteiger partial charge is 0.431 e. The van der Waals surface area contributed by atoms with E-state index in [1.807, 2.05) is 0 Å². The lowest BCUT2D eigenvalue weighted by Crippen LogP contribution is -2.10. The molecule has 0 fully saturated rings. The van der Waals surface area contributed by atoms with Crippen LogP contribution in [0.25, 0.3) is 11.3 Å². The second-order valence-electron chi connectivity index (χ2n) is 3.40. The quantitative estimate of drug-likeness (QED) is 0.771. The van der Waals surface area contributed by atoms with Gasteiger partial charge >= 0.3 is 6.18 Å². The van der Waals surface area contributed by atoms with Crippen LogP contribution in [0.5, 0.6) is 0 Å². The van der Waals surface area contributed by atoms with Crippen LogP contribution in [0.3, 0.4) is 0 Å². The third-order valence-corrected chi connectivity index (χ3v) is 3.13. The summed E-state index contributed by atoms with van der Waals surface area (Å²) >= 11 is 6.25. The molecule has 1 aromatic heterocycles. The van der Waals surface area contributed by atoms with E-state index >= 15 is 0 Å². The van der Waals surface area contributed by atoms with Gasteiger partial charge in [0.25, 0.3) is 5.22 Å². The Balaban J connectivity index is 2.08. The topological polar surface area (TPSA) is 26.0 Å². The summed E-state index contributed by atoms with van der Waals surface area (Å²) in [5.74, 6) is -0.607. The maximum Gasteiger partial charge on any atom is 0.398 e. The number of hydrogen-bond acceptors (Lipinski definition) is 3. The Kier molecular flexibility index (Phi) is 3.87. The highest BCUT2D eigenvalue weighted by molar-refractivity contribution is 7.99. The number of thioether (sulfide) groups is 1. The molecule has 0 aliphatic carbocycles. The number of oxazole rings is 1. The molecule has 0 spiro atoms. The van der Waals surface area contributed by atoms with Crippen molar-refractivity contribution in [1.29, 1.82) is 0 Å². The predicted octanol–water partition coefficient (Wildman–Crippen LogP) is 4.65. The molecule has 0 aliphatic heterocycles. The molecule has 0 radical (unpaired) electrons. The van der Waals surface area contributed by atoms with Crippen LogP contribution in [0.4, 0.5) is 13.2 Å². The van der Waals surface area contributed by atoms with Crippen LogP contribution in [-0.4, -0.2) is 16.9 Å². The van der Waals surface area contributed by atoms with E-state index in [1.54, 1.807) is 24.3 Å². The van der Waals surface area contributed by atoms with E-state index in [2.05, 4.69) is 4.98 Å². The van der Waals surface area contributed by atoms with Gasteiger partial charge in [0.1, 0.15) is 0 Å². The summed E-state index contributed by atoms with van der Waals surface area (Å²) in [6, 6.07) is 6.76. The van der Waals surface area contributed by atoms with E-state index < -0.39 is 11.9 Å². The molecule has 0 saturated carbocycles. The maximum atomic E-state index is 12.0. The highest BCUT2D eigenvalue weighted by atomic mass is 35.5. The van der Waals surface area contributed by atoms with Crippen molar-refractivity contribution >= 4 is 23.4 Å². The Labute approximate surface area is 110 Å². The van der Waals surface area contributed by atoms with Gasteiger partial charge in [-0.05, 0) is 24.3 Å². The van der Waals surface area contributed by atoms with Gasteiger partial charge < -0.3 is 4.42 Å². The number of nitrogens with zero attached hydrogens (tertiary/aromatic N) is 1. The molecule has 2 aromatic rings. The van der Waals surface area contributed by atoms with Crippen LogP contribution in [0.15, 0.2) is 40.1 Å². The number of alkyl halides is 3. The summed E-state index contributed by atoms with van der Waals surface area (Å²) < 4.78 is 41.2. The van der Waals surface area contributed by atoms with E-state index in [4.69, 9.17) is 16.0 Å². The second-order valence-corrected chi connectivity index (χ2v) is 4.76. The molecule has 0 N–H and O–H groups in total. The van der Waals surface area contributed by atoms with Crippen molar-refractivity contribution in [2.45, 2.75) is 11.4 Å². The highest BCUT2D eigenvalue weighted by Gasteiger charge is 2.28. The van der Waals surface area contributed by atoms with Gasteiger partial charge in [0.2, 0.25) is 0 Å². The fourth-order valence-corrected chi connectivity index (χ4v) is 1.91. The Morgan fingerprint density at radius 1 is 1.22 bits per heavy atom. The van der Waals surface area contributed by atoms with E-state index in [9.17, 15) is 13.2 Å². The number of aromatic nitrogens is 1. The zero-order valence-corrected chi connectivity index (χ0v) is 10.4. The van der Waals surface area contributed by atoms with Gasteiger partial charge in [0.05, 0.1) is 11.9 Å². The van der Waals surface area contributed by atoms with E-state index in [-0.39, 0.29) is 5.22 Å². The van der Waals surface area contributed by atoms with Crippen LogP contribution < -0.4 is 0 Å². The van der Waals surface area contributed by atoms with Crippen molar-refractivity contribution in [3.63, 3.8) is 0 Å². The standard InChI is InChI=1S/C11H7ClF3NOS/c12-8-3-1-7(2-4-8)9-5-16-10(17-9)18-6-11(13,14)15/h1-5H,6H2. The van der Waals surface area contributed by atoms with Crippen molar-refractivity contribution in [1.82, 2.24) is 4.98 Å². The van der Waals surface area contributed by atoms with Crippen LogP contribution >= 0.6 is 23.4 Å². The normalized spacial score (nSPS) is 11.8. The first-order chi connectivity index (χ1) is 8.44. The second kappa shape index (κ2) is 5.24. The molecule has 2 rings (SSSR count). The Morgan fingerprint density at radius 3 is 2.50 bits per heavy atom. The molecule has 0 amide bonds. The van der Waals surface area contributed by atoms with Crippen molar-refractivity contribution < 1.29 is 17.6 Å². The van der Waals surface area contributed by atoms with Crippen LogP contribution in [0, 0.1) is 0 Å². The molecular weight excluding hydrogens is 287 g/mol. The molecule has 1 heterocycles. The first-order valence-corrected chi connectivity index (χ1v) is 6.22. The first-order valence-electron chi connectivity index (χ1n) is 4.85.